The first kappa shape index (κ1) is 13.3. The monoisotopic (exact) mass is 289 g/mol. The maximum absolute atomic E-state index is 14.8. The van der Waals surface area contributed by atoms with Crippen LogP contribution in [-0.4, -0.2) is 23.9 Å². The van der Waals surface area contributed by atoms with Crippen LogP contribution < -0.4 is 0 Å². The number of benzene rings is 1. The number of likely N-dealkylation sites (tertiary alicyclic amines) is 1. The molecule has 0 bridgehead atoms. The minimum atomic E-state index is -1.13. The highest BCUT2D eigenvalue weighted by Crippen LogP contribution is 2.42. The minimum Gasteiger partial charge on any atom is -0.339 e. The van der Waals surface area contributed by atoms with Gasteiger partial charge in [-0.1, -0.05) is 36.4 Å². The van der Waals surface area contributed by atoms with Crippen LogP contribution in [0.15, 0.2) is 47.8 Å². The third-order valence-electron chi connectivity index (χ3n) is 3.99. The van der Waals surface area contributed by atoms with Crippen LogP contribution in [0.25, 0.3) is 0 Å². The Bertz CT molecular complexity index is 584. The van der Waals surface area contributed by atoms with Crippen molar-refractivity contribution in [2.75, 3.05) is 7.05 Å². The van der Waals surface area contributed by atoms with Crippen LogP contribution in [0.1, 0.15) is 29.0 Å². The number of hydrogen-bond donors (Lipinski definition) is 0. The molecule has 0 saturated carbocycles. The fraction of sp³-hybridized carbons (Fsp3) is 0.312. The molecule has 104 valence electrons. The first-order valence-corrected chi connectivity index (χ1v) is 7.54. The summed E-state index contributed by atoms with van der Waals surface area (Å²) in [4.78, 5) is 14.3. The molecule has 0 radical (unpaired) electrons. The molecule has 2 aromatic rings. The molecule has 1 aromatic heterocycles. The first-order valence-electron chi connectivity index (χ1n) is 6.66. The number of carbonyl (C=O) groups is 1. The van der Waals surface area contributed by atoms with Gasteiger partial charge in [0.05, 0.1) is 6.04 Å². The van der Waals surface area contributed by atoms with Crippen LogP contribution in [0.2, 0.25) is 0 Å². The summed E-state index contributed by atoms with van der Waals surface area (Å²) in [6.07, 6.45) is -0.742. The Morgan fingerprint density at radius 1 is 1.25 bits per heavy atom. The summed E-state index contributed by atoms with van der Waals surface area (Å²) >= 11 is 1.41. The molecule has 3 atom stereocenters. The van der Waals surface area contributed by atoms with Crippen molar-refractivity contribution in [3.05, 3.63) is 58.3 Å². The number of thiophene rings is 1. The number of alkyl halides is 1. The van der Waals surface area contributed by atoms with Crippen LogP contribution in [-0.2, 0) is 4.79 Å². The average Bonchev–Trinajstić information content (AvgIpc) is 3.09. The second kappa shape index (κ2) is 5.37. The van der Waals surface area contributed by atoms with Crippen LogP contribution >= 0.6 is 11.3 Å². The van der Waals surface area contributed by atoms with E-state index in [1.165, 1.54) is 11.3 Å². The molecule has 1 aliphatic heterocycles. The topological polar surface area (TPSA) is 20.3 Å². The molecule has 0 spiro atoms. The molecular weight excluding hydrogens is 273 g/mol. The molecule has 1 aromatic carbocycles. The number of carbonyl (C=O) groups excluding carboxylic acids is 1. The molecule has 1 amide bonds. The average molecular weight is 289 g/mol. The number of halogens is 1. The van der Waals surface area contributed by atoms with E-state index in [1.54, 1.807) is 18.0 Å². The van der Waals surface area contributed by atoms with Gasteiger partial charge < -0.3 is 4.90 Å². The summed E-state index contributed by atoms with van der Waals surface area (Å²) in [6.45, 7) is 0. The highest BCUT2D eigenvalue weighted by Gasteiger charge is 2.44. The van der Waals surface area contributed by atoms with Gasteiger partial charge >= 0.3 is 0 Å². The van der Waals surface area contributed by atoms with Gasteiger partial charge in [0.25, 0.3) is 0 Å². The van der Waals surface area contributed by atoms with Gasteiger partial charge in [-0.3, -0.25) is 4.79 Å². The molecule has 1 saturated heterocycles. The van der Waals surface area contributed by atoms with E-state index in [0.717, 1.165) is 5.56 Å². The lowest BCUT2D eigenvalue weighted by Crippen LogP contribution is -2.34. The molecular formula is C16H16FNOS. The lowest BCUT2D eigenvalue weighted by molar-refractivity contribution is -0.128. The van der Waals surface area contributed by atoms with E-state index in [1.807, 2.05) is 41.8 Å². The van der Waals surface area contributed by atoms with Crippen molar-refractivity contribution in [1.82, 2.24) is 4.90 Å². The number of hydrogen-bond acceptors (Lipinski definition) is 2. The second-order valence-corrected chi connectivity index (χ2v) is 6.11. The van der Waals surface area contributed by atoms with Gasteiger partial charge in [0.15, 0.2) is 6.17 Å². The zero-order valence-electron chi connectivity index (χ0n) is 11.2. The standard InChI is InChI=1S/C16H16FNOS/c1-18-14(19)10-12(11-6-3-2-4-7-11)16(18)15(17)13-8-5-9-20-13/h2-9,12,15-16H,10H2,1H3/t12-,15+,16-/m1/s1. The summed E-state index contributed by atoms with van der Waals surface area (Å²) in [6, 6.07) is 13.0. The van der Waals surface area contributed by atoms with Gasteiger partial charge in [0.1, 0.15) is 0 Å². The van der Waals surface area contributed by atoms with E-state index < -0.39 is 12.2 Å². The smallest absolute Gasteiger partial charge is 0.223 e. The molecule has 0 N–H and O–H groups in total. The summed E-state index contributed by atoms with van der Waals surface area (Å²) in [7, 11) is 1.70. The maximum atomic E-state index is 14.8. The van der Waals surface area contributed by atoms with Gasteiger partial charge in [-0.05, 0) is 17.0 Å². The molecule has 3 rings (SSSR count). The third-order valence-corrected chi connectivity index (χ3v) is 4.92. The van der Waals surface area contributed by atoms with E-state index in [9.17, 15) is 9.18 Å². The zero-order valence-corrected chi connectivity index (χ0v) is 12.0. The first-order chi connectivity index (χ1) is 9.68. The van der Waals surface area contributed by atoms with Crippen molar-refractivity contribution < 1.29 is 9.18 Å². The largest absolute Gasteiger partial charge is 0.339 e. The molecule has 2 heterocycles. The van der Waals surface area contributed by atoms with E-state index in [2.05, 4.69) is 0 Å². The Morgan fingerprint density at radius 3 is 2.65 bits per heavy atom. The van der Waals surface area contributed by atoms with Crippen LogP contribution in [0.4, 0.5) is 4.39 Å². The lowest BCUT2D eigenvalue weighted by atomic mass is 9.89. The Kier molecular flexibility index (Phi) is 3.57. The summed E-state index contributed by atoms with van der Waals surface area (Å²) in [5, 5.41) is 1.87. The van der Waals surface area contributed by atoms with Gasteiger partial charge in [-0.15, -0.1) is 11.3 Å². The molecule has 0 unspecified atom stereocenters. The number of likely N-dealkylation sites (N-methyl/N-ethyl adjacent to an activating group) is 1. The Morgan fingerprint density at radius 2 is 2.00 bits per heavy atom. The fourth-order valence-corrected chi connectivity index (χ4v) is 3.66. The number of amides is 1. The third kappa shape index (κ3) is 2.24. The Hall–Kier alpha value is -1.68. The quantitative estimate of drug-likeness (QED) is 0.842. The van der Waals surface area contributed by atoms with Gasteiger partial charge in [-0.2, -0.15) is 0 Å². The van der Waals surface area contributed by atoms with Gasteiger partial charge in [-0.25, -0.2) is 4.39 Å². The predicted octanol–water partition coefficient (Wildman–Crippen LogP) is 3.77. The van der Waals surface area contributed by atoms with Crippen molar-refractivity contribution in [3.8, 4) is 0 Å². The normalized spacial score (nSPS) is 24.1. The second-order valence-electron chi connectivity index (χ2n) is 5.13. The Balaban J connectivity index is 1.95. The lowest BCUT2D eigenvalue weighted by Gasteiger charge is -2.27. The SMILES string of the molecule is CN1C(=O)C[C@H](c2ccccc2)[C@@H]1[C@@H](F)c1cccs1. The van der Waals surface area contributed by atoms with Crippen molar-refractivity contribution in [3.63, 3.8) is 0 Å². The van der Waals surface area contributed by atoms with E-state index in [4.69, 9.17) is 0 Å². The van der Waals surface area contributed by atoms with E-state index >= 15 is 0 Å². The molecule has 20 heavy (non-hydrogen) atoms. The van der Waals surface area contributed by atoms with Gasteiger partial charge in [0, 0.05) is 24.3 Å². The highest BCUT2D eigenvalue weighted by molar-refractivity contribution is 7.10. The summed E-state index contributed by atoms with van der Waals surface area (Å²) in [5.41, 5.74) is 1.04. The van der Waals surface area contributed by atoms with Crippen LogP contribution in [0.3, 0.4) is 0 Å². The summed E-state index contributed by atoms with van der Waals surface area (Å²) in [5.74, 6) is -0.0612. The van der Waals surface area contributed by atoms with Crippen LogP contribution in [0.5, 0.6) is 0 Å². The molecule has 0 aliphatic carbocycles. The molecule has 1 fully saturated rings. The minimum absolute atomic E-state index is 0.0167. The number of rotatable bonds is 3. The summed E-state index contributed by atoms with van der Waals surface area (Å²) < 4.78 is 14.8. The Labute approximate surface area is 121 Å². The predicted molar refractivity (Wildman–Crippen MR) is 78.5 cm³/mol. The van der Waals surface area contributed by atoms with Crippen molar-refractivity contribution in [2.45, 2.75) is 24.6 Å². The maximum Gasteiger partial charge on any atom is 0.223 e. The fourth-order valence-electron chi connectivity index (χ4n) is 2.92. The van der Waals surface area contributed by atoms with Crippen molar-refractivity contribution in [1.29, 1.82) is 0 Å². The zero-order chi connectivity index (χ0) is 14.1. The van der Waals surface area contributed by atoms with Crippen molar-refractivity contribution >= 4 is 17.2 Å². The van der Waals surface area contributed by atoms with E-state index in [-0.39, 0.29) is 11.8 Å². The van der Waals surface area contributed by atoms with Crippen LogP contribution in [0, 0.1) is 0 Å². The molecule has 2 nitrogen and oxygen atoms in total. The van der Waals surface area contributed by atoms with Crippen molar-refractivity contribution in [2.24, 2.45) is 0 Å². The van der Waals surface area contributed by atoms with Gasteiger partial charge in [0.2, 0.25) is 5.91 Å². The molecule has 1 aliphatic rings. The molecule has 4 heteroatoms. The van der Waals surface area contributed by atoms with E-state index in [0.29, 0.717) is 11.3 Å². The highest BCUT2D eigenvalue weighted by atomic mass is 32.1. The number of nitrogens with zero attached hydrogens (tertiary/aromatic N) is 1.